The molecule has 0 radical (unpaired) electrons. The van der Waals surface area contributed by atoms with E-state index in [1.807, 2.05) is 20.8 Å². The molecule has 0 saturated carbocycles. The lowest BCUT2D eigenvalue weighted by Gasteiger charge is -2.25. The van der Waals surface area contributed by atoms with Gasteiger partial charge in [0, 0.05) is 10.7 Å². The number of halogens is 2. The van der Waals surface area contributed by atoms with E-state index in [0.717, 1.165) is 4.47 Å². The second-order valence-corrected chi connectivity index (χ2v) is 5.61. The first-order valence-corrected chi connectivity index (χ1v) is 5.48. The van der Waals surface area contributed by atoms with Gasteiger partial charge in [0.1, 0.15) is 6.10 Å². The van der Waals surface area contributed by atoms with Crippen molar-refractivity contribution in [3.8, 4) is 0 Å². The zero-order chi connectivity index (χ0) is 10.9. The summed E-state index contributed by atoms with van der Waals surface area (Å²) in [6.45, 7) is 5.83. The highest BCUT2D eigenvalue weighted by atomic mass is 79.9. The minimum atomic E-state index is -0.650. The van der Waals surface area contributed by atoms with Crippen LogP contribution in [0.1, 0.15) is 32.6 Å². The van der Waals surface area contributed by atoms with Gasteiger partial charge in [-0.15, -0.1) is 0 Å². The molecule has 0 bridgehead atoms. The van der Waals surface area contributed by atoms with Crippen LogP contribution in [0.25, 0.3) is 0 Å². The molecule has 0 spiro atoms. The monoisotopic (exact) mass is 277 g/mol. The number of rotatable bonds is 1. The molecule has 0 aliphatic carbocycles. The van der Waals surface area contributed by atoms with Crippen LogP contribution >= 0.6 is 27.5 Å². The van der Waals surface area contributed by atoms with E-state index in [0.29, 0.717) is 10.7 Å². The number of aliphatic hydroxyl groups is 1. The van der Waals surface area contributed by atoms with Crippen molar-refractivity contribution in [3.05, 3.63) is 27.5 Å². The van der Waals surface area contributed by atoms with Gasteiger partial charge in [-0.25, -0.2) is 0 Å². The topological polar surface area (TPSA) is 33.1 Å². The molecule has 0 aromatic carbocycles. The van der Waals surface area contributed by atoms with Crippen LogP contribution in [-0.4, -0.2) is 10.1 Å². The van der Waals surface area contributed by atoms with Gasteiger partial charge in [-0.2, -0.15) is 0 Å². The molecule has 1 heterocycles. The molecule has 1 unspecified atom stereocenters. The highest BCUT2D eigenvalue weighted by Gasteiger charge is 2.26. The number of aromatic nitrogens is 1. The maximum absolute atomic E-state index is 9.97. The van der Waals surface area contributed by atoms with Gasteiger partial charge < -0.3 is 5.11 Å². The summed E-state index contributed by atoms with van der Waals surface area (Å²) in [7, 11) is 0. The average molecular weight is 279 g/mol. The third-order valence-electron chi connectivity index (χ3n) is 1.92. The smallest absolute Gasteiger partial charge is 0.102 e. The third-order valence-corrected chi connectivity index (χ3v) is 2.65. The van der Waals surface area contributed by atoms with E-state index >= 15 is 0 Å². The van der Waals surface area contributed by atoms with Crippen molar-refractivity contribution in [3.63, 3.8) is 0 Å². The van der Waals surface area contributed by atoms with Crippen LogP contribution in [-0.2, 0) is 0 Å². The molecule has 2 nitrogen and oxygen atoms in total. The van der Waals surface area contributed by atoms with Gasteiger partial charge >= 0.3 is 0 Å². The maximum atomic E-state index is 9.97. The lowest BCUT2D eigenvalue weighted by Crippen LogP contribution is -2.19. The second kappa shape index (κ2) is 4.17. The average Bonchev–Trinajstić information content (AvgIpc) is 2.01. The Balaban J connectivity index is 3.08. The number of nitrogens with zero attached hydrogens (tertiary/aromatic N) is 1. The van der Waals surface area contributed by atoms with Crippen molar-refractivity contribution in [1.82, 2.24) is 4.98 Å². The second-order valence-electron chi connectivity index (χ2n) is 4.29. The minimum Gasteiger partial charge on any atom is -0.386 e. The van der Waals surface area contributed by atoms with Gasteiger partial charge in [0.25, 0.3) is 0 Å². The van der Waals surface area contributed by atoms with Crippen LogP contribution in [0.4, 0.5) is 0 Å². The fourth-order valence-corrected chi connectivity index (χ4v) is 1.77. The van der Waals surface area contributed by atoms with E-state index < -0.39 is 6.10 Å². The zero-order valence-electron chi connectivity index (χ0n) is 8.38. The van der Waals surface area contributed by atoms with Crippen LogP contribution in [0.5, 0.6) is 0 Å². The van der Waals surface area contributed by atoms with E-state index in [1.54, 1.807) is 12.3 Å². The Morgan fingerprint density at radius 1 is 1.50 bits per heavy atom. The summed E-state index contributed by atoms with van der Waals surface area (Å²) >= 11 is 9.25. The maximum Gasteiger partial charge on any atom is 0.102 e. The predicted octanol–water partition coefficient (Wildman–Crippen LogP) is 3.58. The van der Waals surface area contributed by atoms with Crippen LogP contribution < -0.4 is 0 Å². The minimum absolute atomic E-state index is 0.259. The summed E-state index contributed by atoms with van der Waals surface area (Å²) in [5.74, 6) is 0. The Morgan fingerprint density at radius 3 is 2.50 bits per heavy atom. The molecule has 0 saturated heterocycles. The van der Waals surface area contributed by atoms with Gasteiger partial charge in [-0.3, -0.25) is 4.98 Å². The molecule has 1 aromatic rings. The Labute approximate surface area is 97.4 Å². The first kappa shape index (κ1) is 12.0. The van der Waals surface area contributed by atoms with Crippen molar-refractivity contribution in [2.75, 3.05) is 0 Å². The number of hydrogen-bond acceptors (Lipinski definition) is 2. The van der Waals surface area contributed by atoms with Crippen LogP contribution in [0.2, 0.25) is 5.02 Å². The molecule has 0 aliphatic heterocycles. The Morgan fingerprint density at radius 2 is 2.07 bits per heavy atom. The molecular weight excluding hydrogens is 265 g/mol. The number of aliphatic hydroxyl groups excluding tert-OH is 1. The van der Waals surface area contributed by atoms with Gasteiger partial charge in [-0.1, -0.05) is 32.4 Å². The Kier molecular flexibility index (Phi) is 3.56. The molecule has 0 fully saturated rings. The first-order valence-electron chi connectivity index (χ1n) is 4.31. The fraction of sp³-hybridized carbons (Fsp3) is 0.500. The highest BCUT2D eigenvalue weighted by molar-refractivity contribution is 9.10. The molecule has 1 N–H and O–H groups in total. The largest absolute Gasteiger partial charge is 0.386 e. The molecule has 1 aromatic heterocycles. The van der Waals surface area contributed by atoms with Gasteiger partial charge in [0.05, 0.1) is 10.7 Å². The SMILES string of the molecule is CC(C)(C)C(O)c1ncc(Br)cc1Cl. The van der Waals surface area contributed by atoms with Gasteiger partial charge in [-0.05, 0) is 27.4 Å². The summed E-state index contributed by atoms with van der Waals surface area (Å²) < 4.78 is 0.812. The molecule has 0 amide bonds. The van der Waals surface area contributed by atoms with Gasteiger partial charge in [0.15, 0.2) is 0 Å². The molecule has 14 heavy (non-hydrogen) atoms. The summed E-state index contributed by atoms with van der Waals surface area (Å²) in [6.07, 6.45) is 0.985. The highest BCUT2D eigenvalue weighted by Crippen LogP contribution is 2.35. The summed E-state index contributed by atoms with van der Waals surface area (Å²) in [6, 6.07) is 1.73. The molecule has 78 valence electrons. The lowest BCUT2D eigenvalue weighted by atomic mass is 9.87. The van der Waals surface area contributed by atoms with E-state index in [9.17, 15) is 5.11 Å². The third kappa shape index (κ3) is 2.69. The predicted molar refractivity (Wildman–Crippen MR) is 61.4 cm³/mol. The fourth-order valence-electron chi connectivity index (χ4n) is 1.04. The molecular formula is C10H13BrClNO. The van der Waals surface area contributed by atoms with Crippen molar-refractivity contribution in [2.24, 2.45) is 5.41 Å². The molecule has 1 atom stereocenters. The van der Waals surface area contributed by atoms with Gasteiger partial charge in [0.2, 0.25) is 0 Å². The quantitative estimate of drug-likeness (QED) is 0.852. The summed E-state index contributed by atoms with van der Waals surface area (Å²) in [5, 5.41) is 10.5. The van der Waals surface area contributed by atoms with Crippen molar-refractivity contribution >= 4 is 27.5 Å². The standard InChI is InChI=1S/C10H13BrClNO/c1-10(2,3)9(14)8-7(12)4-6(11)5-13-8/h4-5,9,14H,1-3H3. The normalized spacial score (nSPS) is 14.1. The van der Waals surface area contributed by atoms with E-state index in [4.69, 9.17) is 11.6 Å². The van der Waals surface area contributed by atoms with Crippen molar-refractivity contribution in [2.45, 2.75) is 26.9 Å². The Bertz CT molecular complexity index is 335. The van der Waals surface area contributed by atoms with Crippen LogP contribution in [0, 0.1) is 5.41 Å². The van der Waals surface area contributed by atoms with Crippen molar-refractivity contribution < 1.29 is 5.11 Å². The first-order chi connectivity index (χ1) is 6.32. The van der Waals surface area contributed by atoms with Crippen LogP contribution in [0.3, 0.4) is 0 Å². The lowest BCUT2D eigenvalue weighted by molar-refractivity contribution is 0.0590. The van der Waals surface area contributed by atoms with E-state index in [1.165, 1.54) is 0 Å². The van der Waals surface area contributed by atoms with E-state index in [2.05, 4.69) is 20.9 Å². The van der Waals surface area contributed by atoms with Crippen molar-refractivity contribution in [1.29, 1.82) is 0 Å². The zero-order valence-corrected chi connectivity index (χ0v) is 10.7. The van der Waals surface area contributed by atoms with Crippen LogP contribution in [0.15, 0.2) is 16.7 Å². The molecule has 1 rings (SSSR count). The molecule has 4 heteroatoms. The number of pyridine rings is 1. The van der Waals surface area contributed by atoms with E-state index in [-0.39, 0.29) is 5.41 Å². The molecule has 0 aliphatic rings. The summed E-state index contributed by atoms with van der Waals surface area (Å²) in [5.41, 5.74) is 0.271. The summed E-state index contributed by atoms with van der Waals surface area (Å²) in [4.78, 5) is 4.12. The Hall–Kier alpha value is -0.120. The number of hydrogen-bond donors (Lipinski definition) is 1.